The molecule has 1 amide bonds. The molecule has 0 bridgehead atoms. The molecule has 3 nitrogen and oxygen atoms in total. The lowest BCUT2D eigenvalue weighted by molar-refractivity contribution is 0.0921. The van der Waals surface area contributed by atoms with Crippen molar-refractivity contribution in [2.45, 2.75) is 51.0 Å². The fourth-order valence-corrected chi connectivity index (χ4v) is 2.43. The Hall–Kier alpha value is -1.35. The summed E-state index contributed by atoms with van der Waals surface area (Å²) in [5.74, 6) is -0.0438. The molecule has 98 valence electrons. The van der Waals surface area contributed by atoms with Crippen LogP contribution in [0.4, 0.5) is 0 Å². The van der Waals surface area contributed by atoms with Gasteiger partial charge in [0, 0.05) is 11.6 Å². The van der Waals surface area contributed by atoms with Gasteiger partial charge < -0.3 is 0 Å². The number of hydrogen-bond acceptors (Lipinski definition) is 2. The lowest BCUT2D eigenvalue weighted by atomic mass is 9.97. The molecule has 1 fully saturated rings. The third kappa shape index (κ3) is 4.15. The zero-order valence-electron chi connectivity index (χ0n) is 10.8. The molecule has 1 aliphatic carbocycles. The Morgan fingerprint density at radius 3 is 2.22 bits per heavy atom. The van der Waals surface area contributed by atoms with Crippen LogP contribution >= 0.6 is 0 Å². The van der Waals surface area contributed by atoms with Crippen molar-refractivity contribution in [3.63, 3.8) is 0 Å². The van der Waals surface area contributed by atoms with Gasteiger partial charge in [-0.25, -0.2) is 5.43 Å². The van der Waals surface area contributed by atoms with E-state index < -0.39 is 0 Å². The first-order chi connectivity index (χ1) is 8.86. The van der Waals surface area contributed by atoms with E-state index >= 15 is 0 Å². The minimum atomic E-state index is -0.0438. The largest absolute Gasteiger partial charge is 0.287 e. The van der Waals surface area contributed by atoms with Crippen molar-refractivity contribution >= 4 is 5.91 Å². The van der Waals surface area contributed by atoms with Crippen LogP contribution in [0.2, 0.25) is 0 Å². The number of benzene rings is 1. The predicted octanol–water partition coefficient (Wildman–Crippen LogP) is 3.03. The smallest absolute Gasteiger partial charge is 0.265 e. The lowest BCUT2D eigenvalue weighted by Gasteiger charge is -2.21. The topological polar surface area (TPSA) is 41.1 Å². The minimum absolute atomic E-state index is 0.0438. The van der Waals surface area contributed by atoms with Gasteiger partial charge >= 0.3 is 0 Å². The summed E-state index contributed by atoms with van der Waals surface area (Å²) in [5, 5.41) is 0. The third-order valence-electron chi connectivity index (χ3n) is 3.53. The van der Waals surface area contributed by atoms with E-state index in [0.29, 0.717) is 11.6 Å². The summed E-state index contributed by atoms with van der Waals surface area (Å²) in [6.45, 7) is 0. The summed E-state index contributed by atoms with van der Waals surface area (Å²) < 4.78 is 0. The van der Waals surface area contributed by atoms with E-state index in [1.807, 2.05) is 30.3 Å². The summed E-state index contributed by atoms with van der Waals surface area (Å²) in [7, 11) is 0. The number of nitrogens with one attached hydrogen (secondary N) is 2. The molecule has 1 saturated carbocycles. The van der Waals surface area contributed by atoms with Gasteiger partial charge in [0.15, 0.2) is 0 Å². The molecule has 0 saturated heterocycles. The van der Waals surface area contributed by atoms with Crippen molar-refractivity contribution < 1.29 is 4.79 Å². The standard InChI is InChI=1S/C15H22N2O/c18-15(13-9-5-4-6-10-13)17-16-14-11-7-2-1-3-8-12-14/h4-6,9-10,14,16H,1-3,7-8,11-12H2,(H,17,18). The van der Waals surface area contributed by atoms with E-state index in [0.717, 1.165) is 12.8 Å². The summed E-state index contributed by atoms with van der Waals surface area (Å²) in [6.07, 6.45) is 8.86. The molecular weight excluding hydrogens is 224 g/mol. The summed E-state index contributed by atoms with van der Waals surface area (Å²) >= 11 is 0. The molecule has 3 heteroatoms. The van der Waals surface area contributed by atoms with Crippen LogP contribution in [0.5, 0.6) is 0 Å². The Morgan fingerprint density at radius 2 is 1.56 bits per heavy atom. The van der Waals surface area contributed by atoms with E-state index in [-0.39, 0.29) is 5.91 Å². The van der Waals surface area contributed by atoms with Crippen LogP contribution in [0.25, 0.3) is 0 Å². The molecule has 0 aliphatic heterocycles. The Kier molecular flexibility index (Phi) is 5.21. The molecular formula is C15H22N2O. The van der Waals surface area contributed by atoms with Crippen LogP contribution in [0.1, 0.15) is 55.3 Å². The maximum absolute atomic E-state index is 11.9. The van der Waals surface area contributed by atoms with Gasteiger partial charge in [0.1, 0.15) is 0 Å². The Bertz CT molecular complexity index is 356. The van der Waals surface area contributed by atoms with Gasteiger partial charge in [-0.05, 0) is 25.0 Å². The maximum Gasteiger partial charge on any atom is 0.265 e. The third-order valence-corrected chi connectivity index (χ3v) is 3.53. The quantitative estimate of drug-likeness (QED) is 0.805. The van der Waals surface area contributed by atoms with Crippen molar-refractivity contribution in [2.24, 2.45) is 0 Å². The van der Waals surface area contributed by atoms with Crippen LogP contribution in [-0.4, -0.2) is 11.9 Å². The highest BCUT2D eigenvalue weighted by atomic mass is 16.2. The van der Waals surface area contributed by atoms with E-state index in [1.165, 1.54) is 32.1 Å². The van der Waals surface area contributed by atoms with Crippen LogP contribution in [0, 0.1) is 0 Å². The molecule has 1 aromatic rings. The van der Waals surface area contributed by atoms with Crippen molar-refractivity contribution in [3.05, 3.63) is 35.9 Å². The Labute approximate surface area is 109 Å². The van der Waals surface area contributed by atoms with Crippen molar-refractivity contribution in [1.82, 2.24) is 10.9 Å². The molecule has 0 heterocycles. The van der Waals surface area contributed by atoms with Gasteiger partial charge in [-0.2, -0.15) is 0 Å². The van der Waals surface area contributed by atoms with Gasteiger partial charge in [-0.3, -0.25) is 10.2 Å². The predicted molar refractivity (Wildman–Crippen MR) is 73.2 cm³/mol. The summed E-state index contributed by atoms with van der Waals surface area (Å²) in [5.41, 5.74) is 6.72. The first-order valence-electron chi connectivity index (χ1n) is 6.97. The fraction of sp³-hybridized carbons (Fsp3) is 0.533. The van der Waals surface area contributed by atoms with Gasteiger partial charge in [0.25, 0.3) is 5.91 Å². The van der Waals surface area contributed by atoms with Crippen molar-refractivity contribution in [1.29, 1.82) is 0 Å². The molecule has 2 rings (SSSR count). The lowest BCUT2D eigenvalue weighted by Crippen LogP contribution is -2.44. The zero-order chi connectivity index (χ0) is 12.6. The monoisotopic (exact) mass is 246 g/mol. The first kappa shape index (κ1) is 13.1. The van der Waals surface area contributed by atoms with Crippen LogP contribution in [0.3, 0.4) is 0 Å². The SMILES string of the molecule is O=C(NNC1CCCCCCC1)c1ccccc1. The minimum Gasteiger partial charge on any atom is -0.287 e. The number of amides is 1. The number of hydrazine groups is 1. The number of rotatable bonds is 3. The van der Waals surface area contributed by atoms with Gasteiger partial charge in [0.2, 0.25) is 0 Å². The van der Waals surface area contributed by atoms with E-state index in [2.05, 4.69) is 10.9 Å². The van der Waals surface area contributed by atoms with Gasteiger partial charge in [0.05, 0.1) is 0 Å². The molecule has 1 aliphatic rings. The number of carbonyl (C=O) groups excluding carboxylic acids is 1. The molecule has 1 aromatic carbocycles. The van der Waals surface area contributed by atoms with E-state index in [1.54, 1.807) is 0 Å². The zero-order valence-corrected chi connectivity index (χ0v) is 10.8. The van der Waals surface area contributed by atoms with E-state index in [9.17, 15) is 4.79 Å². The van der Waals surface area contributed by atoms with Crippen LogP contribution in [-0.2, 0) is 0 Å². The normalized spacial score (nSPS) is 17.8. The van der Waals surface area contributed by atoms with Gasteiger partial charge in [-0.15, -0.1) is 0 Å². The molecule has 0 spiro atoms. The molecule has 2 N–H and O–H groups in total. The van der Waals surface area contributed by atoms with Gasteiger partial charge in [-0.1, -0.05) is 50.3 Å². The second-order valence-corrected chi connectivity index (χ2v) is 5.01. The second-order valence-electron chi connectivity index (χ2n) is 5.01. The average Bonchev–Trinajstić information content (AvgIpc) is 2.38. The van der Waals surface area contributed by atoms with E-state index in [4.69, 9.17) is 0 Å². The Morgan fingerprint density at radius 1 is 0.944 bits per heavy atom. The molecule has 0 unspecified atom stereocenters. The highest BCUT2D eigenvalue weighted by molar-refractivity contribution is 5.93. The highest BCUT2D eigenvalue weighted by Crippen LogP contribution is 2.16. The summed E-state index contributed by atoms with van der Waals surface area (Å²) in [6, 6.07) is 9.76. The highest BCUT2D eigenvalue weighted by Gasteiger charge is 2.12. The molecule has 0 aromatic heterocycles. The fourth-order valence-electron chi connectivity index (χ4n) is 2.43. The van der Waals surface area contributed by atoms with Crippen molar-refractivity contribution in [2.75, 3.05) is 0 Å². The van der Waals surface area contributed by atoms with Crippen LogP contribution < -0.4 is 10.9 Å². The van der Waals surface area contributed by atoms with Crippen LogP contribution in [0.15, 0.2) is 30.3 Å². The number of hydrogen-bond donors (Lipinski definition) is 2. The Balaban J connectivity index is 1.78. The average molecular weight is 246 g/mol. The second kappa shape index (κ2) is 7.17. The number of carbonyl (C=O) groups is 1. The molecule has 0 atom stereocenters. The molecule has 0 radical (unpaired) electrons. The van der Waals surface area contributed by atoms with Crippen molar-refractivity contribution in [3.8, 4) is 0 Å². The summed E-state index contributed by atoms with van der Waals surface area (Å²) in [4.78, 5) is 11.9. The molecule has 18 heavy (non-hydrogen) atoms. The maximum atomic E-state index is 11.9. The first-order valence-corrected chi connectivity index (χ1v) is 6.97.